The van der Waals surface area contributed by atoms with Crippen LogP contribution in [0.15, 0.2) is 18.2 Å². The Hall–Kier alpha value is -0.280. The normalized spacial score (nSPS) is 24.2. The van der Waals surface area contributed by atoms with E-state index in [4.69, 9.17) is 27.9 Å². The van der Waals surface area contributed by atoms with Crippen molar-refractivity contribution in [3.63, 3.8) is 0 Å². The quantitative estimate of drug-likeness (QED) is 0.907. The minimum Gasteiger partial charge on any atom is -0.378 e. The van der Waals surface area contributed by atoms with Crippen LogP contribution in [0.1, 0.15) is 18.9 Å². The van der Waals surface area contributed by atoms with Crippen LogP contribution < -0.4 is 5.32 Å². The fraction of sp³-hybridized carbons (Fsp3) is 0.538. The zero-order valence-corrected chi connectivity index (χ0v) is 11.4. The summed E-state index contributed by atoms with van der Waals surface area (Å²) in [5, 5.41) is 4.83. The van der Waals surface area contributed by atoms with E-state index >= 15 is 0 Å². The van der Waals surface area contributed by atoms with Crippen LogP contribution >= 0.6 is 23.2 Å². The lowest BCUT2D eigenvalue weighted by Crippen LogP contribution is -2.26. The molecule has 0 amide bonds. The Morgan fingerprint density at radius 3 is 2.88 bits per heavy atom. The monoisotopic (exact) mass is 273 g/mol. The van der Waals surface area contributed by atoms with Crippen LogP contribution in [0.5, 0.6) is 0 Å². The third kappa shape index (κ3) is 3.59. The van der Waals surface area contributed by atoms with Gasteiger partial charge in [0.05, 0.1) is 6.10 Å². The van der Waals surface area contributed by atoms with E-state index < -0.39 is 0 Å². The van der Waals surface area contributed by atoms with E-state index in [9.17, 15) is 0 Å². The molecule has 0 bridgehead atoms. The Balaban J connectivity index is 1.81. The summed E-state index contributed by atoms with van der Waals surface area (Å²) < 4.78 is 5.52. The molecule has 1 N–H and O–H groups in total. The van der Waals surface area contributed by atoms with Crippen molar-refractivity contribution in [3.8, 4) is 0 Å². The molecule has 0 radical (unpaired) electrons. The van der Waals surface area contributed by atoms with E-state index in [0.717, 1.165) is 36.7 Å². The van der Waals surface area contributed by atoms with Gasteiger partial charge in [-0.05, 0) is 37.0 Å². The Morgan fingerprint density at radius 1 is 1.41 bits per heavy atom. The van der Waals surface area contributed by atoms with Crippen molar-refractivity contribution in [1.29, 1.82) is 0 Å². The van der Waals surface area contributed by atoms with Gasteiger partial charge in [0.25, 0.3) is 0 Å². The van der Waals surface area contributed by atoms with Gasteiger partial charge >= 0.3 is 0 Å². The average molecular weight is 274 g/mol. The first-order valence-corrected chi connectivity index (χ1v) is 6.68. The highest BCUT2D eigenvalue weighted by atomic mass is 35.5. The molecule has 1 aromatic carbocycles. The zero-order valence-electron chi connectivity index (χ0n) is 9.88. The fourth-order valence-electron chi connectivity index (χ4n) is 2.10. The largest absolute Gasteiger partial charge is 0.378 e. The van der Waals surface area contributed by atoms with Crippen molar-refractivity contribution < 1.29 is 4.74 Å². The van der Waals surface area contributed by atoms with E-state index in [-0.39, 0.29) is 0 Å². The SMILES string of the molecule is CC1OCCC1CNCc1ccc(Cl)cc1Cl. The molecule has 0 aromatic heterocycles. The molecular weight excluding hydrogens is 257 g/mol. The molecule has 1 aliphatic heterocycles. The van der Waals surface area contributed by atoms with Crippen LogP contribution in [-0.4, -0.2) is 19.3 Å². The molecule has 1 aromatic rings. The number of hydrogen-bond donors (Lipinski definition) is 1. The van der Waals surface area contributed by atoms with Gasteiger partial charge in [0.2, 0.25) is 0 Å². The lowest BCUT2D eigenvalue weighted by molar-refractivity contribution is 0.105. The van der Waals surface area contributed by atoms with Gasteiger partial charge in [-0.1, -0.05) is 29.3 Å². The highest BCUT2D eigenvalue weighted by Crippen LogP contribution is 2.22. The van der Waals surface area contributed by atoms with Crippen molar-refractivity contribution in [2.45, 2.75) is 26.0 Å². The maximum absolute atomic E-state index is 6.10. The minimum atomic E-state index is 0.364. The second-order valence-electron chi connectivity index (χ2n) is 4.49. The molecule has 2 nitrogen and oxygen atoms in total. The van der Waals surface area contributed by atoms with Crippen molar-refractivity contribution >= 4 is 23.2 Å². The molecule has 1 saturated heterocycles. The number of ether oxygens (including phenoxy) is 1. The maximum Gasteiger partial charge on any atom is 0.0588 e. The van der Waals surface area contributed by atoms with Gasteiger partial charge in [0.15, 0.2) is 0 Å². The van der Waals surface area contributed by atoms with E-state index in [1.54, 1.807) is 6.07 Å². The number of halogens is 2. The van der Waals surface area contributed by atoms with Gasteiger partial charge in [0, 0.05) is 29.7 Å². The van der Waals surface area contributed by atoms with Gasteiger partial charge in [-0.15, -0.1) is 0 Å². The van der Waals surface area contributed by atoms with Gasteiger partial charge in [-0.3, -0.25) is 0 Å². The van der Waals surface area contributed by atoms with Gasteiger partial charge in [-0.25, -0.2) is 0 Å². The van der Waals surface area contributed by atoms with Gasteiger partial charge < -0.3 is 10.1 Å². The van der Waals surface area contributed by atoms with Crippen LogP contribution in [-0.2, 0) is 11.3 Å². The van der Waals surface area contributed by atoms with Crippen LogP contribution in [0.2, 0.25) is 10.0 Å². The fourth-order valence-corrected chi connectivity index (χ4v) is 2.58. The second-order valence-corrected chi connectivity index (χ2v) is 5.33. The highest BCUT2D eigenvalue weighted by molar-refractivity contribution is 6.35. The van der Waals surface area contributed by atoms with E-state index in [1.165, 1.54) is 0 Å². The molecule has 1 fully saturated rings. The van der Waals surface area contributed by atoms with Crippen LogP contribution in [0.3, 0.4) is 0 Å². The predicted octanol–water partition coefficient (Wildman–Crippen LogP) is 3.51. The number of nitrogens with one attached hydrogen (secondary N) is 1. The highest BCUT2D eigenvalue weighted by Gasteiger charge is 2.23. The minimum absolute atomic E-state index is 0.364. The Bertz CT molecular complexity index is 384. The standard InChI is InChI=1S/C13H17Cl2NO/c1-9-10(4-5-17-9)7-16-8-11-2-3-12(14)6-13(11)15/h2-3,6,9-10,16H,4-5,7-8H2,1H3. The number of benzene rings is 1. The van der Waals surface area contributed by atoms with Gasteiger partial charge in [0.1, 0.15) is 0 Å². The van der Waals surface area contributed by atoms with Crippen LogP contribution in [0.25, 0.3) is 0 Å². The summed E-state index contributed by atoms with van der Waals surface area (Å²) in [6.45, 7) is 4.77. The van der Waals surface area contributed by atoms with Crippen molar-refractivity contribution in [1.82, 2.24) is 5.32 Å². The van der Waals surface area contributed by atoms with Crippen molar-refractivity contribution in [2.75, 3.05) is 13.2 Å². The van der Waals surface area contributed by atoms with E-state index in [0.29, 0.717) is 17.0 Å². The smallest absolute Gasteiger partial charge is 0.0588 e. The molecule has 2 unspecified atom stereocenters. The second kappa shape index (κ2) is 6.05. The molecule has 2 rings (SSSR count). The van der Waals surface area contributed by atoms with Gasteiger partial charge in [-0.2, -0.15) is 0 Å². The molecule has 0 saturated carbocycles. The molecule has 0 spiro atoms. The molecule has 2 atom stereocenters. The number of hydrogen-bond acceptors (Lipinski definition) is 2. The summed E-state index contributed by atoms with van der Waals surface area (Å²) in [6, 6.07) is 5.61. The van der Waals surface area contributed by atoms with E-state index in [2.05, 4.69) is 12.2 Å². The third-order valence-electron chi connectivity index (χ3n) is 3.27. The molecular formula is C13H17Cl2NO. The summed E-state index contributed by atoms with van der Waals surface area (Å²) in [5.74, 6) is 0.612. The summed E-state index contributed by atoms with van der Waals surface area (Å²) in [4.78, 5) is 0. The lowest BCUT2D eigenvalue weighted by atomic mass is 10.0. The summed E-state index contributed by atoms with van der Waals surface area (Å²) in [7, 11) is 0. The van der Waals surface area contributed by atoms with Crippen molar-refractivity contribution in [3.05, 3.63) is 33.8 Å². The molecule has 4 heteroatoms. The zero-order chi connectivity index (χ0) is 12.3. The third-order valence-corrected chi connectivity index (χ3v) is 3.86. The van der Waals surface area contributed by atoms with Crippen LogP contribution in [0, 0.1) is 5.92 Å². The molecule has 1 heterocycles. The van der Waals surface area contributed by atoms with Crippen molar-refractivity contribution in [2.24, 2.45) is 5.92 Å². The molecule has 17 heavy (non-hydrogen) atoms. The predicted molar refractivity (Wildman–Crippen MR) is 71.7 cm³/mol. The Kier molecular flexibility index (Phi) is 4.69. The summed E-state index contributed by atoms with van der Waals surface area (Å²) >= 11 is 12.0. The molecule has 1 aliphatic rings. The van der Waals surface area contributed by atoms with E-state index in [1.807, 2.05) is 12.1 Å². The summed E-state index contributed by atoms with van der Waals surface area (Å²) in [6.07, 6.45) is 1.51. The first-order valence-electron chi connectivity index (χ1n) is 5.93. The Morgan fingerprint density at radius 2 is 2.24 bits per heavy atom. The van der Waals surface area contributed by atoms with Crippen LogP contribution in [0.4, 0.5) is 0 Å². The lowest BCUT2D eigenvalue weighted by Gasteiger charge is -2.15. The molecule has 0 aliphatic carbocycles. The molecule has 94 valence electrons. The Labute approximate surface area is 112 Å². The summed E-state index contributed by atoms with van der Waals surface area (Å²) in [5.41, 5.74) is 1.09. The maximum atomic E-state index is 6.10. The topological polar surface area (TPSA) is 21.3 Å². The first-order chi connectivity index (χ1) is 8.16. The average Bonchev–Trinajstić information content (AvgIpc) is 2.68. The number of rotatable bonds is 4. The first kappa shape index (κ1) is 13.2.